The zero-order valence-corrected chi connectivity index (χ0v) is 16.5. The first-order chi connectivity index (χ1) is 14.2. The van der Waals surface area contributed by atoms with Crippen LogP contribution in [0, 0.1) is 5.92 Å². The molecule has 2 fully saturated rings. The predicted octanol–water partition coefficient (Wildman–Crippen LogP) is 2.52. The van der Waals surface area contributed by atoms with Crippen molar-refractivity contribution in [3.05, 3.63) is 48.5 Å². The summed E-state index contributed by atoms with van der Waals surface area (Å²) in [6.45, 7) is 3.55. The topological polar surface area (TPSA) is 71.1 Å². The normalized spacial score (nSPS) is 19.3. The first kappa shape index (κ1) is 19.3. The molecule has 29 heavy (non-hydrogen) atoms. The monoisotopic (exact) mass is 395 g/mol. The lowest BCUT2D eigenvalue weighted by molar-refractivity contribution is -0.122. The number of benzene rings is 2. The second kappa shape index (κ2) is 8.53. The smallest absolute Gasteiger partial charge is 0.229 e. The van der Waals surface area contributed by atoms with Gasteiger partial charge in [0.25, 0.3) is 0 Å². The number of hydrogen-bond acceptors (Lipinski definition) is 5. The van der Waals surface area contributed by atoms with E-state index in [-0.39, 0.29) is 18.2 Å². The number of hydrogen-bond donors (Lipinski definition) is 1. The largest absolute Gasteiger partial charge is 0.495 e. The van der Waals surface area contributed by atoms with Crippen LogP contribution in [0.4, 0.5) is 17.1 Å². The summed E-state index contributed by atoms with van der Waals surface area (Å²) in [7, 11) is 1.57. The van der Waals surface area contributed by atoms with E-state index in [1.165, 1.54) is 0 Å². The molecule has 0 spiro atoms. The number of nitrogens with one attached hydrogen (secondary N) is 1. The second-order valence-corrected chi connectivity index (χ2v) is 7.21. The molecule has 152 valence electrons. The molecule has 2 aliphatic heterocycles. The molecule has 7 heteroatoms. The summed E-state index contributed by atoms with van der Waals surface area (Å²) >= 11 is 0. The van der Waals surface area contributed by atoms with Crippen LogP contribution >= 0.6 is 0 Å². The van der Waals surface area contributed by atoms with E-state index in [1.807, 2.05) is 48.5 Å². The number of ether oxygens (including phenoxy) is 2. The fourth-order valence-corrected chi connectivity index (χ4v) is 3.79. The molecule has 1 N–H and O–H groups in total. The van der Waals surface area contributed by atoms with Gasteiger partial charge in [0.05, 0.1) is 31.9 Å². The number of amides is 2. The molecule has 2 aromatic rings. The van der Waals surface area contributed by atoms with Crippen molar-refractivity contribution in [3.63, 3.8) is 0 Å². The number of anilines is 3. The van der Waals surface area contributed by atoms with Crippen LogP contribution in [0.5, 0.6) is 5.75 Å². The molecule has 0 saturated carbocycles. The van der Waals surface area contributed by atoms with Crippen LogP contribution in [0.1, 0.15) is 6.42 Å². The molecule has 2 saturated heterocycles. The van der Waals surface area contributed by atoms with Crippen LogP contribution in [0.25, 0.3) is 0 Å². The Labute approximate surface area is 170 Å². The molecule has 2 aromatic carbocycles. The first-order valence-corrected chi connectivity index (χ1v) is 9.82. The zero-order chi connectivity index (χ0) is 20.2. The lowest BCUT2D eigenvalue weighted by Gasteiger charge is -2.28. The summed E-state index contributed by atoms with van der Waals surface area (Å²) in [5, 5.41) is 2.94. The van der Waals surface area contributed by atoms with Gasteiger partial charge >= 0.3 is 0 Å². The fourth-order valence-electron chi connectivity index (χ4n) is 3.79. The van der Waals surface area contributed by atoms with Gasteiger partial charge in [-0.15, -0.1) is 0 Å². The molecule has 0 aromatic heterocycles. The first-order valence-electron chi connectivity index (χ1n) is 9.82. The Morgan fingerprint density at radius 1 is 1.10 bits per heavy atom. The Bertz CT molecular complexity index is 878. The summed E-state index contributed by atoms with van der Waals surface area (Å²) in [5.74, 6) is 0.0131. The minimum Gasteiger partial charge on any atom is -0.495 e. The maximum Gasteiger partial charge on any atom is 0.229 e. The van der Waals surface area contributed by atoms with Gasteiger partial charge in [-0.3, -0.25) is 9.59 Å². The van der Waals surface area contributed by atoms with Crippen molar-refractivity contribution in [1.82, 2.24) is 0 Å². The summed E-state index contributed by atoms with van der Waals surface area (Å²) in [5.41, 5.74) is 2.55. The molecule has 2 aliphatic rings. The third kappa shape index (κ3) is 4.19. The van der Waals surface area contributed by atoms with Crippen LogP contribution < -0.4 is 19.9 Å². The van der Waals surface area contributed by atoms with E-state index in [0.717, 1.165) is 37.7 Å². The summed E-state index contributed by atoms with van der Waals surface area (Å²) < 4.78 is 10.7. The van der Waals surface area contributed by atoms with E-state index in [4.69, 9.17) is 9.47 Å². The van der Waals surface area contributed by atoms with Crippen molar-refractivity contribution in [2.75, 3.05) is 55.1 Å². The minimum atomic E-state index is -0.397. The maximum absolute atomic E-state index is 12.7. The molecule has 0 aliphatic carbocycles. The average molecular weight is 395 g/mol. The minimum absolute atomic E-state index is 0.0719. The quantitative estimate of drug-likeness (QED) is 0.842. The molecule has 7 nitrogen and oxygen atoms in total. The molecule has 0 unspecified atom stereocenters. The Kier molecular flexibility index (Phi) is 5.67. The molecule has 1 atom stereocenters. The maximum atomic E-state index is 12.7. The van der Waals surface area contributed by atoms with E-state index in [2.05, 4.69) is 10.2 Å². The van der Waals surface area contributed by atoms with Crippen LogP contribution in [-0.2, 0) is 14.3 Å². The standard InChI is InChI=1S/C22H25N3O4/c1-28-20-5-3-2-4-19(20)25-15-16(14-21(25)26)22(27)23-17-6-8-18(9-7-17)24-10-12-29-13-11-24/h2-9,16H,10-15H2,1H3,(H,23,27)/t16-/m0/s1. The highest BCUT2D eigenvalue weighted by molar-refractivity contribution is 6.04. The van der Waals surface area contributed by atoms with Crippen LogP contribution in [-0.4, -0.2) is 51.8 Å². The highest BCUT2D eigenvalue weighted by atomic mass is 16.5. The SMILES string of the molecule is COc1ccccc1N1C[C@@H](C(=O)Nc2ccc(N3CCOCC3)cc2)CC1=O. The van der Waals surface area contributed by atoms with E-state index in [9.17, 15) is 9.59 Å². The van der Waals surface area contributed by atoms with E-state index in [0.29, 0.717) is 18.0 Å². The third-order valence-corrected chi connectivity index (χ3v) is 5.38. The van der Waals surface area contributed by atoms with E-state index in [1.54, 1.807) is 12.0 Å². The van der Waals surface area contributed by atoms with Gasteiger partial charge in [0.2, 0.25) is 11.8 Å². The number of carbonyl (C=O) groups is 2. The van der Waals surface area contributed by atoms with Crippen LogP contribution in [0.3, 0.4) is 0 Å². The van der Waals surface area contributed by atoms with Gasteiger partial charge in [-0.2, -0.15) is 0 Å². The molecule has 0 radical (unpaired) electrons. The summed E-state index contributed by atoms with van der Waals surface area (Å²) in [6.07, 6.45) is 0.190. The van der Waals surface area contributed by atoms with Crippen molar-refractivity contribution in [3.8, 4) is 5.75 Å². The molecular formula is C22H25N3O4. The van der Waals surface area contributed by atoms with Crippen molar-refractivity contribution >= 4 is 28.9 Å². The highest BCUT2D eigenvalue weighted by Gasteiger charge is 2.36. The Morgan fingerprint density at radius 3 is 2.55 bits per heavy atom. The lowest BCUT2D eigenvalue weighted by atomic mass is 10.1. The van der Waals surface area contributed by atoms with Gasteiger partial charge in [0.15, 0.2) is 0 Å². The van der Waals surface area contributed by atoms with Crippen molar-refractivity contribution in [2.24, 2.45) is 5.92 Å². The van der Waals surface area contributed by atoms with Crippen molar-refractivity contribution in [2.45, 2.75) is 6.42 Å². The highest BCUT2D eigenvalue weighted by Crippen LogP contribution is 2.33. The van der Waals surface area contributed by atoms with Gasteiger partial charge < -0.3 is 24.6 Å². The van der Waals surface area contributed by atoms with Gasteiger partial charge in [0.1, 0.15) is 5.75 Å². The molecule has 2 heterocycles. The van der Waals surface area contributed by atoms with Gasteiger partial charge in [-0.1, -0.05) is 12.1 Å². The molecule has 4 rings (SSSR count). The number of para-hydroxylation sites is 2. The second-order valence-electron chi connectivity index (χ2n) is 7.21. The number of rotatable bonds is 5. The van der Waals surface area contributed by atoms with Crippen LogP contribution in [0.2, 0.25) is 0 Å². The lowest BCUT2D eigenvalue weighted by Crippen LogP contribution is -2.36. The average Bonchev–Trinajstić information content (AvgIpc) is 3.16. The summed E-state index contributed by atoms with van der Waals surface area (Å²) in [4.78, 5) is 29.1. The predicted molar refractivity (Wildman–Crippen MR) is 112 cm³/mol. The van der Waals surface area contributed by atoms with E-state index < -0.39 is 5.92 Å². The Morgan fingerprint density at radius 2 is 1.83 bits per heavy atom. The third-order valence-electron chi connectivity index (χ3n) is 5.38. The Balaban J connectivity index is 1.39. The molecule has 0 bridgehead atoms. The molecule has 2 amide bonds. The number of methoxy groups -OCH3 is 1. The number of nitrogens with zero attached hydrogens (tertiary/aromatic N) is 2. The number of morpholine rings is 1. The summed E-state index contributed by atoms with van der Waals surface area (Å²) in [6, 6.07) is 15.2. The van der Waals surface area contributed by atoms with Gasteiger partial charge in [0, 0.05) is 37.4 Å². The Hall–Kier alpha value is -3.06. The van der Waals surface area contributed by atoms with Gasteiger partial charge in [-0.25, -0.2) is 0 Å². The molecular weight excluding hydrogens is 370 g/mol. The van der Waals surface area contributed by atoms with Crippen LogP contribution in [0.15, 0.2) is 48.5 Å². The van der Waals surface area contributed by atoms with E-state index >= 15 is 0 Å². The zero-order valence-electron chi connectivity index (χ0n) is 16.5. The van der Waals surface area contributed by atoms with Crippen molar-refractivity contribution in [1.29, 1.82) is 0 Å². The van der Waals surface area contributed by atoms with Gasteiger partial charge in [-0.05, 0) is 36.4 Å². The van der Waals surface area contributed by atoms with Crippen molar-refractivity contribution < 1.29 is 19.1 Å². The fraction of sp³-hybridized carbons (Fsp3) is 0.364. The number of carbonyl (C=O) groups excluding carboxylic acids is 2.